The van der Waals surface area contributed by atoms with Crippen LogP contribution in [-0.4, -0.2) is 30.4 Å². The Morgan fingerprint density at radius 1 is 1.10 bits per heavy atom. The van der Waals surface area contributed by atoms with Gasteiger partial charge in [-0.05, 0) is 30.2 Å². The molecule has 1 heterocycles. The summed E-state index contributed by atoms with van der Waals surface area (Å²) in [5.74, 6) is -0.985. The number of sulfonamides is 1. The highest BCUT2D eigenvalue weighted by atomic mass is 32.2. The van der Waals surface area contributed by atoms with Crippen LogP contribution in [0.1, 0.15) is 27.2 Å². The number of alkyl halides is 3. The molecule has 0 bridgehead atoms. The van der Waals surface area contributed by atoms with E-state index >= 15 is 0 Å². The van der Waals surface area contributed by atoms with Gasteiger partial charge in [-0.1, -0.05) is 36.4 Å². The van der Waals surface area contributed by atoms with E-state index in [9.17, 15) is 26.4 Å². The standard InChI is InChI=1S/C20H19F3N4O3S/c1-13-7-3-6-10-17(13)27-18(20(21,22)23)15(12-25-27)19(28)24-11-14-8-4-5-9-16(14)26-31(2,29)30/h3-10,12,26H,11H2,1-2H3,(H,24,28). The molecule has 0 aliphatic heterocycles. The van der Waals surface area contributed by atoms with Crippen molar-refractivity contribution in [3.8, 4) is 5.69 Å². The number of nitrogens with one attached hydrogen (secondary N) is 2. The highest BCUT2D eigenvalue weighted by Gasteiger charge is 2.40. The number of hydrogen-bond donors (Lipinski definition) is 2. The van der Waals surface area contributed by atoms with Gasteiger partial charge in [0.2, 0.25) is 10.0 Å². The number of amides is 1. The number of anilines is 1. The normalized spacial score (nSPS) is 11.9. The van der Waals surface area contributed by atoms with Gasteiger partial charge in [-0.2, -0.15) is 18.3 Å². The number of halogens is 3. The van der Waals surface area contributed by atoms with Gasteiger partial charge in [0.15, 0.2) is 5.69 Å². The van der Waals surface area contributed by atoms with Gasteiger partial charge in [0.1, 0.15) is 0 Å². The number of aromatic nitrogens is 2. The number of carbonyl (C=O) groups is 1. The predicted octanol–water partition coefficient (Wildman–Crippen LogP) is 3.50. The Bertz CT molecular complexity index is 1220. The van der Waals surface area contributed by atoms with Crippen LogP contribution in [0.4, 0.5) is 18.9 Å². The topological polar surface area (TPSA) is 93.1 Å². The number of aryl methyl sites for hydroxylation is 1. The summed E-state index contributed by atoms with van der Waals surface area (Å²) in [6.07, 6.45) is -3.00. The summed E-state index contributed by atoms with van der Waals surface area (Å²) in [4.78, 5) is 12.6. The summed E-state index contributed by atoms with van der Waals surface area (Å²) in [6.45, 7) is 1.45. The van der Waals surface area contributed by atoms with Gasteiger partial charge >= 0.3 is 6.18 Å². The van der Waals surface area contributed by atoms with Gasteiger partial charge in [0.05, 0.1) is 29.4 Å². The monoisotopic (exact) mass is 452 g/mol. The molecular formula is C20H19F3N4O3S. The SMILES string of the molecule is Cc1ccccc1-n1ncc(C(=O)NCc2ccccc2NS(C)(=O)=O)c1C(F)(F)F. The Hall–Kier alpha value is -3.34. The summed E-state index contributed by atoms with van der Waals surface area (Å²) in [6, 6.07) is 12.6. The lowest BCUT2D eigenvalue weighted by Gasteiger charge is -2.15. The molecule has 0 aliphatic carbocycles. The largest absolute Gasteiger partial charge is 0.434 e. The Labute approximate surface area is 176 Å². The molecule has 0 radical (unpaired) electrons. The lowest BCUT2D eigenvalue weighted by atomic mass is 10.1. The molecule has 3 aromatic rings. The van der Waals surface area contributed by atoms with Crippen molar-refractivity contribution in [2.45, 2.75) is 19.6 Å². The molecule has 31 heavy (non-hydrogen) atoms. The summed E-state index contributed by atoms with van der Waals surface area (Å²) >= 11 is 0. The summed E-state index contributed by atoms with van der Waals surface area (Å²) < 4.78 is 67.4. The van der Waals surface area contributed by atoms with Crippen molar-refractivity contribution in [1.29, 1.82) is 0 Å². The minimum Gasteiger partial charge on any atom is -0.348 e. The molecule has 0 spiro atoms. The third-order valence-corrected chi connectivity index (χ3v) is 4.97. The Morgan fingerprint density at radius 3 is 2.39 bits per heavy atom. The highest BCUT2D eigenvalue weighted by Crippen LogP contribution is 2.34. The van der Waals surface area contributed by atoms with Gasteiger partial charge in [0.25, 0.3) is 5.91 Å². The van der Waals surface area contributed by atoms with Crippen molar-refractivity contribution in [1.82, 2.24) is 15.1 Å². The van der Waals surface area contributed by atoms with Gasteiger partial charge in [-0.25, -0.2) is 13.1 Å². The van der Waals surface area contributed by atoms with Gasteiger partial charge < -0.3 is 5.32 Å². The van der Waals surface area contributed by atoms with Crippen LogP contribution in [0, 0.1) is 6.92 Å². The minimum absolute atomic E-state index is 0.190. The second-order valence-electron chi connectivity index (χ2n) is 6.82. The highest BCUT2D eigenvalue weighted by molar-refractivity contribution is 7.92. The second kappa shape index (κ2) is 8.42. The third-order valence-electron chi connectivity index (χ3n) is 4.38. The molecule has 0 aliphatic rings. The lowest BCUT2D eigenvalue weighted by Crippen LogP contribution is -2.27. The Morgan fingerprint density at radius 2 is 1.74 bits per heavy atom. The first kappa shape index (κ1) is 22.3. The fraction of sp³-hybridized carbons (Fsp3) is 0.200. The third kappa shape index (κ3) is 5.23. The second-order valence-corrected chi connectivity index (χ2v) is 8.57. The first-order valence-corrected chi connectivity index (χ1v) is 10.9. The van der Waals surface area contributed by atoms with Crippen molar-refractivity contribution < 1.29 is 26.4 Å². The quantitative estimate of drug-likeness (QED) is 0.599. The van der Waals surface area contributed by atoms with Crippen LogP contribution in [0.5, 0.6) is 0 Å². The number of nitrogens with zero attached hydrogens (tertiary/aromatic N) is 2. The van der Waals surface area contributed by atoms with Crippen molar-refractivity contribution >= 4 is 21.6 Å². The van der Waals surface area contributed by atoms with Crippen LogP contribution in [-0.2, 0) is 22.7 Å². The molecule has 0 atom stereocenters. The van der Waals surface area contributed by atoms with E-state index in [2.05, 4.69) is 15.1 Å². The van der Waals surface area contributed by atoms with Crippen LogP contribution in [0.15, 0.2) is 54.7 Å². The molecular weight excluding hydrogens is 433 g/mol. The molecule has 7 nitrogen and oxygen atoms in total. The smallest absolute Gasteiger partial charge is 0.348 e. The molecule has 1 amide bonds. The molecule has 164 valence electrons. The van der Waals surface area contributed by atoms with E-state index in [-0.39, 0.29) is 17.9 Å². The van der Waals surface area contributed by atoms with Crippen LogP contribution in [0.2, 0.25) is 0 Å². The van der Waals surface area contributed by atoms with E-state index in [1.54, 1.807) is 43.3 Å². The van der Waals surface area contributed by atoms with Crippen LogP contribution >= 0.6 is 0 Å². The fourth-order valence-corrected chi connectivity index (χ4v) is 3.61. The number of carbonyl (C=O) groups excluding carboxylic acids is 1. The van der Waals surface area contributed by atoms with E-state index in [0.717, 1.165) is 12.5 Å². The Kier molecular flexibility index (Phi) is 6.07. The number of hydrogen-bond acceptors (Lipinski definition) is 4. The summed E-state index contributed by atoms with van der Waals surface area (Å²) in [7, 11) is -3.57. The molecule has 3 rings (SSSR count). The molecule has 0 saturated heterocycles. The zero-order chi connectivity index (χ0) is 22.8. The average Bonchev–Trinajstić information content (AvgIpc) is 3.12. The molecule has 0 unspecified atom stereocenters. The molecule has 0 fully saturated rings. The summed E-state index contributed by atoms with van der Waals surface area (Å²) in [5.41, 5.74) is -0.454. The molecule has 2 N–H and O–H groups in total. The number of rotatable bonds is 6. The predicted molar refractivity (Wildman–Crippen MR) is 109 cm³/mol. The van der Waals surface area contributed by atoms with E-state index in [0.29, 0.717) is 15.8 Å². The molecule has 2 aromatic carbocycles. The van der Waals surface area contributed by atoms with Crippen LogP contribution in [0.25, 0.3) is 5.69 Å². The van der Waals surface area contributed by atoms with Gasteiger partial charge in [-0.3, -0.25) is 9.52 Å². The maximum atomic E-state index is 13.8. The average molecular weight is 452 g/mol. The fourth-order valence-electron chi connectivity index (χ4n) is 3.02. The van der Waals surface area contributed by atoms with Crippen LogP contribution < -0.4 is 10.0 Å². The van der Waals surface area contributed by atoms with Crippen LogP contribution in [0.3, 0.4) is 0 Å². The van der Waals surface area contributed by atoms with E-state index < -0.39 is 33.4 Å². The van der Waals surface area contributed by atoms with Gasteiger partial charge in [-0.15, -0.1) is 0 Å². The van der Waals surface area contributed by atoms with E-state index in [1.165, 1.54) is 12.1 Å². The summed E-state index contributed by atoms with van der Waals surface area (Å²) in [5, 5.41) is 6.21. The zero-order valence-corrected chi connectivity index (χ0v) is 17.4. The minimum atomic E-state index is -4.83. The number of para-hydroxylation sites is 2. The maximum absolute atomic E-state index is 13.8. The molecule has 11 heteroatoms. The lowest BCUT2D eigenvalue weighted by molar-refractivity contribution is -0.143. The maximum Gasteiger partial charge on any atom is 0.434 e. The molecule has 0 saturated carbocycles. The van der Waals surface area contributed by atoms with Crippen molar-refractivity contribution in [2.24, 2.45) is 0 Å². The van der Waals surface area contributed by atoms with Crippen molar-refractivity contribution in [3.63, 3.8) is 0 Å². The van der Waals surface area contributed by atoms with Gasteiger partial charge in [0, 0.05) is 6.54 Å². The zero-order valence-electron chi connectivity index (χ0n) is 16.6. The van der Waals surface area contributed by atoms with E-state index in [1.807, 2.05) is 0 Å². The first-order chi connectivity index (χ1) is 14.5. The van der Waals surface area contributed by atoms with Crippen molar-refractivity contribution in [2.75, 3.05) is 11.0 Å². The van der Waals surface area contributed by atoms with Crippen molar-refractivity contribution in [3.05, 3.63) is 77.1 Å². The first-order valence-electron chi connectivity index (χ1n) is 9.02. The molecule has 1 aromatic heterocycles. The van der Waals surface area contributed by atoms with E-state index in [4.69, 9.17) is 0 Å². The Balaban J connectivity index is 1.91. The number of benzene rings is 2.